The summed E-state index contributed by atoms with van der Waals surface area (Å²) in [5, 5.41) is 4.92. The zero-order valence-corrected chi connectivity index (χ0v) is 16.7. The fraction of sp³-hybridized carbons (Fsp3) is 0.273. The molecule has 0 bridgehead atoms. The number of rotatable bonds is 6. The summed E-state index contributed by atoms with van der Waals surface area (Å²) in [6.07, 6.45) is 0. The Morgan fingerprint density at radius 3 is 2.38 bits per heavy atom. The number of hydrogen-bond donors (Lipinski definition) is 0. The lowest BCUT2D eigenvalue weighted by Crippen LogP contribution is -2.31. The van der Waals surface area contributed by atoms with Gasteiger partial charge in [-0.25, -0.2) is 9.48 Å². The quantitative estimate of drug-likeness (QED) is 0.601. The fourth-order valence-electron chi connectivity index (χ4n) is 2.96. The Kier molecular flexibility index (Phi) is 6.07. The molecule has 0 saturated heterocycles. The van der Waals surface area contributed by atoms with Gasteiger partial charge in [-0.1, -0.05) is 48.0 Å². The molecule has 1 heterocycles. The van der Waals surface area contributed by atoms with Crippen LogP contribution in [-0.2, 0) is 22.6 Å². The molecule has 3 rings (SSSR count). The second-order valence-corrected chi connectivity index (χ2v) is 6.83. The first kappa shape index (κ1) is 20.3. The predicted octanol–water partition coefficient (Wildman–Crippen LogP) is 2.54. The molecule has 0 aliphatic heterocycles. The number of fused-ring (bicyclic) bond motifs is 1. The van der Waals surface area contributed by atoms with Crippen molar-refractivity contribution in [3.8, 4) is 0 Å². The number of esters is 1. The van der Waals surface area contributed by atoms with Crippen molar-refractivity contribution in [1.29, 1.82) is 0 Å². The smallest absolute Gasteiger partial charge is 0.359 e. The molecular formula is C22H23N3O4. The van der Waals surface area contributed by atoms with Crippen LogP contribution in [0.25, 0.3) is 10.8 Å². The Balaban J connectivity index is 1.72. The molecule has 2 aromatic carbocycles. The number of amides is 1. The average molecular weight is 393 g/mol. The molecule has 29 heavy (non-hydrogen) atoms. The molecule has 0 saturated carbocycles. The maximum absolute atomic E-state index is 12.6. The highest BCUT2D eigenvalue weighted by atomic mass is 16.5. The van der Waals surface area contributed by atoms with Gasteiger partial charge >= 0.3 is 5.97 Å². The molecule has 150 valence electrons. The molecule has 0 N–H and O–H groups in total. The molecule has 0 radical (unpaired) electrons. The van der Waals surface area contributed by atoms with Crippen LogP contribution in [0.15, 0.2) is 53.3 Å². The van der Waals surface area contributed by atoms with Gasteiger partial charge in [-0.15, -0.1) is 0 Å². The van der Waals surface area contributed by atoms with Crippen LogP contribution in [0.4, 0.5) is 0 Å². The molecule has 1 aromatic heterocycles. The van der Waals surface area contributed by atoms with Crippen molar-refractivity contribution in [3.05, 3.63) is 75.7 Å². The third kappa shape index (κ3) is 4.51. The number of aryl methyl sites for hydroxylation is 2. The zero-order chi connectivity index (χ0) is 21.0. The van der Waals surface area contributed by atoms with E-state index in [-0.39, 0.29) is 17.2 Å². The van der Waals surface area contributed by atoms with Crippen LogP contribution in [0.5, 0.6) is 0 Å². The predicted molar refractivity (Wildman–Crippen MR) is 110 cm³/mol. The maximum atomic E-state index is 12.6. The third-order valence-corrected chi connectivity index (χ3v) is 4.65. The summed E-state index contributed by atoms with van der Waals surface area (Å²) in [6.45, 7) is 4.10. The number of likely N-dealkylation sites (N-methyl/N-ethyl adjacent to an activating group) is 1. The molecule has 1 amide bonds. The lowest BCUT2D eigenvalue weighted by atomic mass is 10.1. The van der Waals surface area contributed by atoms with Gasteiger partial charge < -0.3 is 9.64 Å². The van der Waals surface area contributed by atoms with Gasteiger partial charge in [0.1, 0.15) is 0 Å². The number of benzene rings is 2. The number of carbonyl (C=O) groups is 2. The van der Waals surface area contributed by atoms with E-state index in [0.717, 1.165) is 11.1 Å². The summed E-state index contributed by atoms with van der Waals surface area (Å²) < 4.78 is 6.42. The summed E-state index contributed by atoms with van der Waals surface area (Å²) in [4.78, 5) is 38.8. The Labute approximate surface area is 168 Å². The summed E-state index contributed by atoms with van der Waals surface area (Å²) in [5.74, 6) is -1.06. The zero-order valence-electron chi connectivity index (χ0n) is 16.7. The van der Waals surface area contributed by atoms with Gasteiger partial charge in [0, 0.05) is 25.5 Å². The minimum Gasteiger partial charge on any atom is -0.451 e. The van der Waals surface area contributed by atoms with E-state index in [1.165, 1.54) is 9.58 Å². The fourth-order valence-corrected chi connectivity index (χ4v) is 2.96. The van der Waals surface area contributed by atoms with Crippen molar-refractivity contribution in [1.82, 2.24) is 14.7 Å². The molecule has 7 nitrogen and oxygen atoms in total. The van der Waals surface area contributed by atoms with E-state index in [2.05, 4.69) is 5.10 Å². The number of hydrogen-bond acceptors (Lipinski definition) is 5. The van der Waals surface area contributed by atoms with Crippen molar-refractivity contribution in [2.45, 2.75) is 26.9 Å². The Hall–Kier alpha value is -3.48. The van der Waals surface area contributed by atoms with E-state index in [1.54, 1.807) is 38.2 Å². The SMILES string of the molecule is CCn1nc(C(=O)OCC(=O)N(C)Cc2ccc(C)cc2)c2ccccc2c1=O. The number of ether oxygens (including phenoxy) is 1. The Morgan fingerprint density at radius 2 is 1.72 bits per heavy atom. The summed E-state index contributed by atoms with van der Waals surface area (Å²) >= 11 is 0. The Morgan fingerprint density at radius 1 is 1.07 bits per heavy atom. The lowest BCUT2D eigenvalue weighted by molar-refractivity contribution is -0.133. The van der Waals surface area contributed by atoms with Gasteiger partial charge in [0.05, 0.1) is 5.39 Å². The minimum absolute atomic E-state index is 0.0241. The van der Waals surface area contributed by atoms with Gasteiger partial charge in [0.15, 0.2) is 12.3 Å². The van der Waals surface area contributed by atoms with Crippen LogP contribution < -0.4 is 5.56 Å². The van der Waals surface area contributed by atoms with Crippen molar-refractivity contribution in [2.24, 2.45) is 0 Å². The van der Waals surface area contributed by atoms with Crippen LogP contribution in [0, 0.1) is 6.92 Å². The normalized spacial score (nSPS) is 10.7. The van der Waals surface area contributed by atoms with E-state index >= 15 is 0 Å². The maximum Gasteiger partial charge on any atom is 0.359 e. The first-order valence-electron chi connectivity index (χ1n) is 9.37. The van der Waals surface area contributed by atoms with E-state index in [0.29, 0.717) is 23.9 Å². The first-order valence-corrected chi connectivity index (χ1v) is 9.37. The molecule has 7 heteroatoms. The first-order chi connectivity index (χ1) is 13.9. The van der Waals surface area contributed by atoms with Crippen molar-refractivity contribution in [3.63, 3.8) is 0 Å². The van der Waals surface area contributed by atoms with Gasteiger partial charge in [-0.2, -0.15) is 5.10 Å². The molecule has 0 fully saturated rings. The molecule has 0 spiro atoms. The van der Waals surface area contributed by atoms with Crippen molar-refractivity contribution in [2.75, 3.05) is 13.7 Å². The van der Waals surface area contributed by atoms with Crippen molar-refractivity contribution < 1.29 is 14.3 Å². The largest absolute Gasteiger partial charge is 0.451 e. The third-order valence-electron chi connectivity index (χ3n) is 4.65. The average Bonchev–Trinajstić information content (AvgIpc) is 2.73. The molecule has 0 unspecified atom stereocenters. The van der Waals surface area contributed by atoms with Crippen LogP contribution in [-0.4, -0.2) is 40.2 Å². The molecule has 3 aromatic rings. The molecule has 0 aliphatic rings. The summed E-state index contributed by atoms with van der Waals surface area (Å²) in [6, 6.07) is 14.6. The van der Waals surface area contributed by atoms with Gasteiger partial charge in [-0.05, 0) is 25.5 Å². The van der Waals surface area contributed by atoms with Gasteiger partial charge in [0.2, 0.25) is 0 Å². The van der Waals surface area contributed by atoms with Gasteiger partial charge in [0.25, 0.3) is 11.5 Å². The molecule has 0 atom stereocenters. The Bertz CT molecular complexity index is 1100. The summed E-state index contributed by atoms with van der Waals surface area (Å²) in [5.41, 5.74) is 1.88. The van der Waals surface area contributed by atoms with Crippen LogP contribution in [0.3, 0.4) is 0 Å². The monoisotopic (exact) mass is 393 g/mol. The molecular weight excluding hydrogens is 370 g/mol. The van der Waals surface area contributed by atoms with E-state index in [4.69, 9.17) is 4.74 Å². The van der Waals surface area contributed by atoms with E-state index < -0.39 is 12.6 Å². The minimum atomic E-state index is -0.736. The highest BCUT2D eigenvalue weighted by Gasteiger charge is 2.19. The molecule has 0 aliphatic carbocycles. The van der Waals surface area contributed by atoms with Crippen LogP contribution in [0.2, 0.25) is 0 Å². The second kappa shape index (κ2) is 8.68. The number of nitrogens with zero attached hydrogens (tertiary/aromatic N) is 3. The highest BCUT2D eigenvalue weighted by molar-refractivity contribution is 6.02. The number of carbonyl (C=O) groups excluding carboxylic acids is 2. The lowest BCUT2D eigenvalue weighted by Gasteiger charge is -2.17. The van der Waals surface area contributed by atoms with Crippen LogP contribution in [0.1, 0.15) is 28.5 Å². The van der Waals surface area contributed by atoms with Crippen LogP contribution >= 0.6 is 0 Å². The van der Waals surface area contributed by atoms with Gasteiger partial charge in [-0.3, -0.25) is 9.59 Å². The number of aromatic nitrogens is 2. The summed E-state index contributed by atoms with van der Waals surface area (Å²) in [7, 11) is 1.65. The van der Waals surface area contributed by atoms with E-state index in [1.807, 2.05) is 31.2 Å². The standard InChI is InChI=1S/C22H23N3O4/c1-4-25-21(27)18-8-6-5-7-17(18)20(23-25)22(28)29-14-19(26)24(3)13-16-11-9-15(2)10-12-16/h5-12H,4,13-14H2,1-3H3. The topological polar surface area (TPSA) is 81.5 Å². The van der Waals surface area contributed by atoms with Crippen molar-refractivity contribution >= 4 is 22.6 Å². The van der Waals surface area contributed by atoms with E-state index in [9.17, 15) is 14.4 Å². The second-order valence-electron chi connectivity index (χ2n) is 6.83. The highest BCUT2D eigenvalue weighted by Crippen LogP contribution is 2.14.